The largest absolute Gasteiger partial charge is 0.350 e. The van der Waals surface area contributed by atoms with Gasteiger partial charge >= 0.3 is 0 Å². The highest BCUT2D eigenvalue weighted by Gasteiger charge is 2.32. The number of carbonyl (C=O) groups excluding carboxylic acids is 1. The maximum absolute atomic E-state index is 12.4. The summed E-state index contributed by atoms with van der Waals surface area (Å²) in [5.41, 5.74) is 0.415. The fourth-order valence-corrected chi connectivity index (χ4v) is 3.14. The number of ether oxygens (including phenoxy) is 2. The van der Waals surface area contributed by atoms with Crippen molar-refractivity contribution in [1.82, 2.24) is 4.90 Å². The molecule has 128 valence electrons. The molecule has 0 aromatic heterocycles. The van der Waals surface area contributed by atoms with Crippen LogP contribution in [0.1, 0.15) is 18.4 Å². The van der Waals surface area contributed by atoms with Gasteiger partial charge in [-0.3, -0.25) is 14.9 Å². The van der Waals surface area contributed by atoms with Crippen LogP contribution >= 0.6 is 0 Å². The smallest absolute Gasteiger partial charge is 0.276 e. The number of amides is 1. The third kappa shape index (κ3) is 3.80. The summed E-state index contributed by atoms with van der Waals surface area (Å²) in [7, 11) is 0. The minimum atomic E-state index is -0.449. The van der Waals surface area contributed by atoms with Crippen LogP contribution in [0.5, 0.6) is 0 Å². The average molecular weight is 332 g/mol. The maximum atomic E-state index is 12.4. The van der Waals surface area contributed by atoms with Gasteiger partial charge in [0.05, 0.1) is 23.7 Å². The zero-order valence-corrected chi connectivity index (χ0v) is 13.3. The SMILES string of the molecule is O=C(/C=C/c1ccccc1[N+](=O)[O-])N1CCCC(C2OCCO2)C1. The van der Waals surface area contributed by atoms with Crippen LogP contribution in [0, 0.1) is 16.0 Å². The van der Waals surface area contributed by atoms with E-state index in [0.717, 1.165) is 12.8 Å². The van der Waals surface area contributed by atoms with Gasteiger partial charge in [0, 0.05) is 31.1 Å². The standard InChI is InChI=1S/C17H20N2O5/c20-16(8-7-13-4-1-2-6-15(13)19(21)22)18-9-3-5-14(12-18)17-23-10-11-24-17/h1-2,4,6-8,14,17H,3,5,9-12H2/b8-7+. The Balaban J connectivity index is 1.65. The molecule has 1 atom stereocenters. The van der Waals surface area contributed by atoms with Crippen molar-refractivity contribution in [3.05, 3.63) is 46.0 Å². The summed E-state index contributed by atoms with van der Waals surface area (Å²) >= 11 is 0. The van der Waals surface area contributed by atoms with E-state index in [-0.39, 0.29) is 23.8 Å². The van der Waals surface area contributed by atoms with Gasteiger partial charge in [-0.2, -0.15) is 0 Å². The van der Waals surface area contributed by atoms with Crippen molar-refractivity contribution in [2.24, 2.45) is 5.92 Å². The van der Waals surface area contributed by atoms with Crippen molar-refractivity contribution < 1.29 is 19.2 Å². The Morgan fingerprint density at radius 2 is 2.04 bits per heavy atom. The first-order valence-corrected chi connectivity index (χ1v) is 8.09. The molecule has 2 aliphatic heterocycles. The van der Waals surface area contributed by atoms with E-state index in [2.05, 4.69) is 0 Å². The second kappa shape index (κ2) is 7.55. The Morgan fingerprint density at radius 3 is 2.79 bits per heavy atom. The second-order valence-electron chi connectivity index (χ2n) is 5.95. The molecular formula is C17H20N2O5. The van der Waals surface area contributed by atoms with Crippen molar-refractivity contribution in [2.45, 2.75) is 19.1 Å². The van der Waals surface area contributed by atoms with Gasteiger partial charge in [-0.1, -0.05) is 12.1 Å². The van der Waals surface area contributed by atoms with Gasteiger partial charge in [0.15, 0.2) is 6.29 Å². The van der Waals surface area contributed by atoms with E-state index < -0.39 is 4.92 Å². The number of likely N-dealkylation sites (tertiary alicyclic amines) is 1. The van der Waals surface area contributed by atoms with Crippen LogP contribution in [0.25, 0.3) is 6.08 Å². The van der Waals surface area contributed by atoms with Crippen LogP contribution < -0.4 is 0 Å². The fourth-order valence-electron chi connectivity index (χ4n) is 3.14. The first-order valence-electron chi connectivity index (χ1n) is 8.09. The number of benzene rings is 1. The molecule has 0 saturated carbocycles. The summed E-state index contributed by atoms with van der Waals surface area (Å²) in [6, 6.07) is 6.37. The number of nitrogens with zero attached hydrogens (tertiary/aromatic N) is 2. The number of carbonyl (C=O) groups is 1. The zero-order valence-electron chi connectivity index (χ0n) is 13.3. The summed E-state index contributed by atoms with van der Waals surface area (Å²) in [5.74, 6) is 0.0421. The fraction of sp³-hybridized carbons (Fsp3) is 0.471. The average Bonchev–Trinajstić information content (AvgIpc) is 3.14. The second-order valence-corrected chi connectivity index (χ2v) is 5.95. The Bertz CT molecular complexity index is 640. The highest BCUT2D eigenvalue weighted by molar-refractivity contribution is 5.92. The molecule has 24 heavy (non-hydrogen) atoms. The minimum absolute atomic E-state index is 0.00849. The molecule has 3 rings (SSSR count). The third-order valence-electron chi connectivity index (χ3n) is 4.34. The minimum Gasteiger partial charge on any atom is -0.350 e. The van der Waals surface area contributed by atoms with E-state index in [9.17, 15) is 14.9 Å². The van der Waals surface area contributed by atoms with E-state index in [1.807, 2.05) is 0 Å². The van der Waals surface area contributed by atoms with Gasteiger partial charge in [-0.15, -0.1) is 0 Å². The molecule has 1 aromatic carbocycles. The van der Waals surface area contributed by atoms with Crippen molar-refractivity contribution in [2.75, 3.05) is 26.3 Å². The van der Waals surface area contributed by atoms with Gasteiger partial charge in [0.25, 0.3) is 5.69 Å². The number of rotatable bonds is 4. The summed E-state index contributed by atoms with van der Waals surface area (Å²) in [6.45, 7) is 2.48. The van der Waals surface area contributed by atoms with Crippen LogP contribution in [0.4, 0.5) is 5.69 Å². The molecule has 0 spiro atoms. The quantitative estimate of drug-likeness (QED) is 0.480. The topological polar surface area (TPSA) is 81.9 Å². The van der Waals surface area contributed by atoms with Gasteiger partial charge in [-0.05, 0) is 25.0 Å². The van der Waals surface area contributed by atoms with Crippen LogP contribution in [0.3, 0.4) is 0 Å². The highest BCUT2D eigenvalue weighted by atomic mass is 16.7. The van der Waals surface area contributed by atoms with Crippen LogP contribution in [-0.4, -0.2) is 48.3 Å². The van der Waals surface area contributed by atoms with Crippen molar-refractivity contribution in [1.29, 1.82) is 0 Å². The van der Waals surface area contributed by atoms with Crippen molar-refractivity contribution in [3.63, 3.8) is 0 Å². The van der Waals surface area contributed by atoms with Crippen LogP contribution in [0.15, 0.2) is 30.3 Å². The highest BCUT2D eigenvalue weighted by Crippen LogP contribution is 2.25. The lowest BCUT2D eigenvalue weighted by molar-refractivity contribution is -0.385. The number of hydrogen-bond acceptors (Lipinski definition) is 5. The van der Waals surface area contributed by atoms with E-state index >= 15 is 0 Å². The number of piperidine rings is 1. The predicted molar refractivity (Wildman–Crippen MR) is 87.1 cm³/mol. The van der Waals surface area contributed by atoms with E-state index in [1.54, 1.807) is 23.1 Å². The van der Waals surface area contributed by atoms with Crippen LogP contribution in [0.2, 0.25) is 0 Å². The summed E-state index contributed by atoms with van der Waals surface area (Å²) < 4.78 is 11.1. The summed E-state index contributed by atoms with van der Waals surface area (Å²) in [4.78, 5) is 24.7. The Kier molecular flexibility index (Phi) is 5.22. The molecule has 0 radical (unpaired) electrons. The van der Waals surface area contributed by atoms with E-state index in [0.29, 0.717) is 31.9 Å². The Labute approximate surface area is 140 Å². The molecule has 7 nitrogen and oxygen atoms in total. The van der Waals surface area contributed by atoms with Gasteiger partial charge in [0.1, 0.15) is 0 Å². The normalized spacial score (nSPS) is 22.2. The molecular weight excluding hydrogens is 312 g/mol. The number of para-hydroxylation sites is 1. The first kappa shape index (κ1) is 16.6. The van der Waals surface area contributed by atoms with Gasteiger partial charge < -0.3 is 14.4 Å². The zero-order chi connectivity index (χ0) is 16.9. The number of hydrogen-bond donors (Lipinski definition) is 0. The predicted octanol–water partition coefficient (Wildman–Crippen LogP) is 2.22. The van der Waals surface area contributed by atoms with Gasteiger partial charge in [-0.25, -0.2) is 0 Å². The molecule has 1 amide bonds. The molecule has 1 aromatic rings. The third-order valence-corrected chi connectivity index (χ3v) is 4.34. The lowest BCUT2D eigenvalue weighted by Crippen LogP contribution is -2.43. The molecule has 2 aliphatic rings. The number of nitro groups is 1. The molecule has 1 unspecified atom stereocenters. The monoisotopic (exact) mass is 332 g/mol. The molecule has 2 fully saturated rings. The molecule has 0 aliphatic carbocycles. The van der Waals surface area contributed by atoms with Crippen LogP contribution in [-0.2, 0) is 14.3 Å². The molecule has 0 bridgehead atoms. The Morgan fingerprint density at radius 1 is 1.29 bits per heavy atom. The van der Waals surface area contributed by atoms with E-state index in [4.69, 9.17) is 9.47 Å². The summed E-state index contributed by atoms with van der Waals surface area (Å²) in [5, 5.41) is 11.0. The molecule has 2 saturated heterocycles. The Hall–Kier alpha value is -2.25. The molecule has 2 heterocycles. The van der Waals surface area contributed by atoms with E-state index in [1.165, 1.54) is 18.2 Å². The molecule has 0 N–H and O–H groups in total. The lowest BCUT2D eigenvalue weighted by atomic mass is 9.97. The summed E-state index contributed by atoms with van der Waals surface area (Å²) in [6.07, 6.45) is 4.56. The van der Waals surface area contributed by atoms with Crippen molar-refractivity contribution in [3.8, 4) is 0 Å². The first-order chi connectivity index (χ1) is 11.6. The molecule has 7 heteroatoms. The van der Waals surface area contributed by atoms with Crippen molar-refractivity contribution >= 4 is 17.7 Å². The van der Waals surface area contributed by atoms with Gasteiger partial charge in [0.2, 0.25) is 5.91 Å². The maximum Gasteiger partial charge on any atom is 0.276 e. The lowest BCUT2D eigenvalue weighted by Gasteiger charge is -2.34. The number of nitro benzene ring substituents is 1.